The van der Waals surface area contributed by atoms with E-state index in [0.29, 0.717) is 32.0 Å². The number of carbonyl (C=O) groups excluding carboxylic acids is 8. The molecule has 12 nitrogen and oxygen atoms in total. The van der Waals surface area contributed by atoms with E-state index in [2.05, 4.69) is 21.3 Å². The lowest BCUT2D eigenvalue weighted by molar-refractivity contribution is -0.125. The molecule has 230 valence electrons. The average molecular weight is 655 g/mol. The van der Waals surface area contributed by atoms with Gasteiger partial charge >= 0.3 is 0 Å². The van der Waals surface area contributed by atoms with Crippen LogP contribution in [-0.2, 0) is 38.4 Å². The van der Waals surface area contributed by atoms with Crippen LogP contribution in [0, 0.1) is 0 Å². The topological polar surface area (TPSA) is 185 Å². The molecule has 0 atom stereocenters. The predicted molar refractivity (Wildman–Crippen MR) is 168 cm³/mol. The summed E-state index contributed by atoms with van der Waals surface area (Å²) in [5, 5.41) is 9.04. The van der Waals surface area contributed by atoms with Gasteiger partial charge in [-0.15, -0.1) is 0 Å². The van der Waals surface area contributed by atoms with Crippen LogP contribution in [0.5, 0.6) is 0 Å². The molecule has 46 heavy (non-hydrogen) atoms. The van der Waals surface area contributed by atoms with E-state index in [9.17, 15) is 38.4 Å². The summed E-state index contributed by atoms with van der Waals surface area (Å²) in [5.74, 6) is -4.56. The molecule has 0 unspecified atom stereocenters. The number of rotatable bonds is 7. The number of imide groups is 4. The summed E-state index contributed by atoms with van der Waals surface area (Å²) in [6, 6.07) is 9.80. The minimum absolute atomic E-state index is 0.129. The van der Waals surface area contributed by atoms with Gasteiger partial charge in [-0.1, -0.05) is 21.6 Å². The molecule has 0 fully saturated rings. The van der Waals surface area contributed by atoms with Crippen LogP contribution in [0.15, 0.2) is 68.5 Å². The van der Waals surface area contributed by atoms with Crippen LogP contribution in [0.1, 0.15) is 49.9 Å². The van der Waals surface area contributed by atoms with Gasteiger partial charge in [-0.05, 0) is 86.3 Å². The molecule has 8 amide bonds. The lowest BCUT2D eigenvalue weighted by Crippen LogP contribution is -2.23. The third-order valence-electron chi connectivity index (χ3n) is 7.88. The maximum absolute atomic E-state index is 12.7. The Labute approximate surface area is 268 Å². The lowest BCUT2D eigenvalue weighted by atomic mass is 9.95. The van der Waals surface area contributed by atoms with Crippen molar-refractivity contribution in [1.82, 2.24) is 21.3 Å². The van der Waals surface area contributed by atoms with E-state index in [1.165, 1.54) is 49.3 Å². The van der Waals surface area contributed by atoms with Crippen LogP contribution < -0.4 is 21.3 Å². The van der Waals surface area contributed by atoms with Gasteiger partial charge in [0.1, 0.15) is 0 Å². The Morgan fingerprint density at radius 1 is 0.348 bits per heavy atom. The van der Waals surface area contributed by atoms with Crippen molar-refractivity contribution < 1.29 is 38.4 Å². The second-order valence-electron chi connectivity index (χ2n) is 10.8. The Kier molecular flexibility index (Phi) is 7.49. The molecule has 0 radical (unpaired) electrons. The fourth-order valence-electron chi connectivity index (χ4n) is 5.53. The Morgan fingerprint density at radius 3 is 0.739 bits per heavy atom. The van der Waals surface area contributed by atoms with Crippen LogP contribution in [-0.4, -0.2) is 47.3 Å². The van der Waals surface area contributed by atoms with E-state index < -0.39 is 47.3 Å². The monoisotopic (exact) mass is 654 g/mol. The number of hydrogen-bond acceptors (Lipinski definition) is 10. The molecular weight excluding hydrogens is 633 g/mol. The molecule has 0 spiro atoms. The van der Waals surface area contributed by atoms with Crippen molar-refractivity contribution >= 4 is 91.1 Å². The molecule has 0 saturated heterocycles. The lowest BCUT2D eigenvalue weighted by Gasteiger charge is -2.13. The van der Waals surface area contributed by atoms with Crippen LogP contribution in [0.2, 0.25) is 0 Å². The summed E-state index contributed by atoms with van der Waals surface area (Å²) in [5.41, 5.74) is 2.72. The van der Waals surface area contributed by atoms with Crippen LogP contribution in [0.3, 0.4) is 0 Å². The summed E-state index contributed by atoms with van der Waals surface area (Å²) in [6.07, 6.45) is 0. The van der Waals surface area contributed by atoms with Crippen LogP contribution in [0.25, 0.3) is 22.3 Å². The van der Waals surface area contributed by atoms with E-state index in [4.69, 9.17) is 0 Å². The summed E-state index contributed by atoms with van der Waals surface area (Å²) in [4.78, 5) is 101. The van der Waals surface area contributed by atoms with Crippen molar-refractivity contribution in [2.75, 3.05) is 0 Å². The number of nitrogens with one attached hydrogen (secondary N) is 4. The number of amides is 8. The fraction of sp³-hybridized carbons (Fsp3) is 0.125. The molecule has 0 aromatic heterocycles. The zero-order valence-electron chi connectivity index (χ0n) is 24.5. The maximum Gasteiger partial charge on any atom is 0.259 e. The predicted octanol–water partition coefficient (Wildman–Crippen LogP) is 2.21. The smallest absolute Gasteiger partial charge is 0.259 e. The number of benzene rings is 2. The van der Waals surface area contributed by atoms with Gasteiger partial charge in [-0.3, -0.25) is 59.6 Å². The highest BCUT2D eigenvalue weighted by Gasteiger charge is 2.34. The van der Waals surface area contributed by atoms with E-state index in [1.54, 1.807) is 36.4 Å². The van der Waals surface area contributed by atoms with Gasteiger partial charge < -0.3 is 0 Å². The van der Waals surface area contributed by atoms with Gasteiger partial charge in [0.05, 0.1) is 22.3 Å². The van der Waals surface area contributed by atoms with Gasteiger partial charge in [0.25, 0.3) is 47.3 Å². The van der Waals surface area contributed by atoms with E-state index in [1.807, 2.05) is 0 Å². The summed E-state index contributed by atoms with van der Waals surface area (Å²) in [6.45, 7) is 6.03. The van der Waals surface area contributed by atoms with Gasteiger partial charge in [-0.2, -0.15) is 0 Å². The highest BCUT2D eigenvalue weighted by molar-refractivity contribution is 8.76. The van der Waals surface area contributed by atoms with Crippen molar-refractivity contribution in [3.8, 4) is 0 Å². The van der Waals surface area contributed by atoms with Crippen molar-refractivity contribution in [1.29, 1.82) is 0 Å². The zero-order valence-corrected chi connectivity index (χ0v) is 26.2. The molecule has 2 aromatic rings. The first-order chi connectivity index (χ1) is 21.7. The standard InChI is InChI=1S/C32H22N4O8S2/c1-11-21(29(41)33-25(11)37)15-5-16(22-12(2)26(38)34-30(22)42)8-19(7-15)45-46-20-9-17(23-13(3)27(39)35-31(23)43)6-18(10-20)24-14(4)28(40)36-32(24)44/h5-10H,1-4H3,(H,33,37,41)(H,34,38,42)(H,35,39,43)(H,36,40,44). The highest BCUT2D eigenvalue weighted by atomic mass is 33.1. The molecule has 4 aliphatic rings. The Hall–Kier alpha value is -5.34. The third kappa shape index (κ3) is 5.10. The minimum Gasteiger partial charge on any atom is -0.288 e. The van der Waals surface area contributed by atoms with Gasteiger partial charge in [0.2, 0.25) is 0 Å². The Morgan fingerprint density at radius 2 is 0.565 bits per heavy atom. The molecule has 4 N–H and O–H groups in total. The zero-order chi connectivity index (χ0) is 33.2. The number of hydrogen-bond donors (Lipinski definition) is 4. The third-order valence-corrected chi connectivity index (χ3v) is 10.2. The summed E-state index contributed by atoms with van der Waals surface area (Å²) in [7, 11) is 2.41. The molecule has 6 rings (SSSR count). The molecular formula is C32H22N4O8S2. The van der Waals surface area contributed by atoms with Crippen molar-refractivity contribution in [2.24, 2.45) is 0 Å². The first-order valence-electron chi connectivity index (χ1n) is 13.7. The molecule has 0 aliphatic carbocycles. The van der Waals surface area contributed by atoms with Gasteiger partial charge in [-0.25, -0.2) is 0 Å². The molecule has 0 bridgehead atoms. The normalized spacial score (nSPS) is 18.4. The second kappa shape index (κ2) is 11.2. The molecule has 2 aromatic carbocycles. The van der Waals surface area contributed by atoms with E-state index in [-0.39, 0.29) is 44.6 Å². The van der Waals surface area contributed by atoms with Gasteiger partial charge in [0.15, 0.2) is 0 Å². The fourth-order valence-corrected chi connectivity index (χ4v) is 7.58. The van der Waals surface area contributed by atoms with Gasteiger partial charge in [0, 0.05) is 32.1 Å². The molecule has 4 aliphatic heterocycles. The maximum atomic E-state index is 12.7. The minimum atomic E-state index is -0.598. The van der Waals surface area contributed by atoms with Crippen LogP contribution in [0.4, 0.5) is 0 Å². The SMILES string of the molecule is CC1=C(c2cc(SSc3cc(C4=C(C)C(=O)NC4=O)cc(C4=C(C)C(=O)NC4=O)c3)cc(C3=C(C)C(=O)NC3=O)c2)C(=O)NC1=O. The van der Waals surface area contributed by atoms with Crippen molar-refractivity contribution in [3.05, 3.63) is 80.9 Å². The number of carbonyl (C=O) groups is 8. The average Bonchev–Trinajstić information content (AvgIpc) is 3.60. The Balaban J connectivity index is 1.45. The first-order valence-corrected chi connectivity index (χ1v) is 15.8. The van der Waals surface area contributed by atoms with E-state index in [0.717, 1.165) is 0 Å². The quantitative estimate of drug-likeness (QED) is 0.255. The summed E-state index contributed by atoms with van der Waals surface area (Å²) >= 11 is 0. The largest absolute Gasteiger partial charge is 0.288 e. The van der Waals surface area contributed by atoms with E-state index >= 15 is 0 Å². The van der Waals surface area contributed by atoms with Crippen LogP contribution >= 0.6 is 21.6 Å². The second-order valence-corrected chi connectivity index (χ2v) is 13.1. The van der Waals surface area contributed by atoms with Crippen molar-refractivity contribution in [2.45, 2.75) is 37.5 Å². The highest BCUT2D eigenvalue weighted by Crippen LogP contribution is 2.43. The molecule has 14 heteroatoms. The summed E-state index contributed by atoms with van der Waals surface area (Å²) < 4.78 is 0. The molecule has 4 heterocycles. The molecule has 0 saturated carbocycles. The van der Waals surface area contributed by atoms with Crippen molar-refractivity contribution in [3.63, 3.8) is 0 Å². The first kappa shape index (κ1) is 30.7. The Bertz CT molecular complexity index is 1800.